The Bertz CT molecular complexity index is 636. The number of amides is 2. The lowest BCUT2D eigenvalue weighted by Gasteiger charge is -2.06. The first-order valence-corrected chi connectivity index (χ1v) is 5.97. The number of nitrogens with two attached hydrogens (primary N) is 1. The maximum atomic E-state index is 11.8. The van der Waals surface area contributed by atoms with Crippen LogP contribution in [0.2, 0.25) is 0 Å². The van der Waals surface area contributed by atoms with E-state index >= 15 is 0 Å². The van der Waals surface area contributed by atoms with Crippen LogP contribution in [0.5, 0.6) is 0 Å². The molecule has 0 saturated heterocycles. The lowest BCUT2D eigenvalue weighted by atomic mass is 10.2. The number of hydrogen-bond acceptors (Lipinski definition) is 5. The number of anilines is 2. The van der Waals surface area contributed by atoms with Gasteiger partial charge in [-0.3, -0.25) is 14.7 Å². The summed E-state index contributed by atoms with van der Waals surface area (Å²) in [6, 6.07) is 6.57. The summed E-state index contributed by atoms with van der Waals surface area (Å²) in [4.78, 5) is 27.2. The van der Waals surface area contributed by atoms with Crippen molar-refractivity contribution in [1.29, 1.82) is 0 Å². The van der Waals surface area contributed by atoms with Crippen molar-refractivity contribution in [3.05, 3.63) is 35.7 Å². The summed E-state index contributed by atoms with van der Waals surface area (Å²) in [5, 5.41) is 11.3. The molecule has 0 saturated carbocycles. The molecule has 5 N–H and O–H groups in total. The third-order valence-corrected chi connectivity index (χ3v) is 2.44. The Morgan fingerprint density at radius 3 is 2.80 bits per heavy atom. The first kappa shape index (κ1) is 13.5. The molecule has 104 valence electrons. The summed E-state index contributed by atoms with van der Waals surface area (Å²) in [6.45, 7) is 2.37. The molecule has 0 aliphatic rings. The number of aromatic nitrogens is 3. The number of benzene rings is 1. The molecule has 2 aromatic rings. The van der Waals surface area contributed by atoms with E-state index in [-0.39, 0.29) is 17.7 Å². The van der Waals surface area contributed by atoms with E-state index < -0.39 is 5.91 Å². The number of rotatable bonds is 4. The quantitative estimate of drug-likeness (QED) is 0.641. The van der Waals surface area contributed by atoms with Crippen LogP contribution in [0.1, 0.15) is 27.9 Å². The van der Waals surface area contributed by atoms with Gasteiger partial charge in [0.1, 0.15) is 0 Å². The van der Waals surface area contributed by atoms with Crippen molar-refractivity contribution in [2.45, 2.75) is 6.92 Å². The predicted molar refractivity (Wildman–Crippen MR) is 73.2 cm³/mol. The van der Waals surface area contributed by atoms with Crippen molar-refractivity contribution in [2.24, 2.45) is 0 Å². The topological polar surface area (TPSA) is 126 Å². The average molecular weight is 274 g/mol. The van der Waals surface area contributed by atoms with Gasteiger partial charge in [0.25, 0.3) is 11.8 Å². The largest absolute Gasteiger partial charge is 0.366 e. The minimum absolute atomic E-state index is 0.00547. The monoisotopic (exact) mass is 274 g/mol. The van der Waals surface area contributed by atoms with E-state index in [1.807, 2.05) is 6.92 Å². The van der Waals surface area contributed by atoms with Gasteiger partial charge in [-0.25, -0.2) is 0 Å². The van der Waals surface area contributed by atoms with Gasteiger partial charge in [-0.15, -0.1) is 5.10 Å². The molecule has 0 atom stereocenters. The molecule has 2 rings (SSSR count). The van der Waals surface area contributed by atoms with E-state index in [2.05, 4.69) is 25.8 Å². The fraction of sp³-hybridized carbons (Fsp3) is 0.167. The molecule has 0 spiro atoms. The molecule has 1 aromatic carbocycles. The Balaban J connectivity index is 2.12. The van der Waals surface area contributed by atoms with Gasteiger partial charge in [-0.1, -0.05) is 6.07 Å². The fourth-order valence-electron chi connectivity index (χ4n) is 1.57. The number of nitrogens with zero attached hydrogens (tertiary/aromatic N) is 2. The maximum absolute atomic E-state index is 11.8. The first-order valence-electron chi connectivity index (χ1n) is 5.97. The van der Waals surface area contributed by atoms with Gasteiger partial charge in [0.05, 0.1) is 0 Å². The molecule has 0 aliphatic heterocycles. The number of nitrogen functional groups attached to an aromatic ring is 1. The van der Waals surface area contributed by atoms with Crippen molar-refractivity contribution < 1.29 is 9.59 Å². The Labute approximate surface area is 114 Å². The standard InChI is InChI=1S/C12H14N6O2/c1-2-14-10(19)7-4-3-5-8(6-7)15-11(20)9-16-12(13)18-17-9/h3-6H,2H2,1H3,(H,14,19)(H,15,20)(H3,13,16,17,18). The number of aromatic amines is 1. The molecular weight excluding hydrogens is 260 g/mol. The van der Waals surface area contributed by atoms with E-state index in [1.54, 1.807) is 24.3 Å². The Morgan fingerprint density at radius 1 is 1.35 bits per heavy atom. The van der Waals surface area contributed by atoms with Crippen LogP contribution in [0.4, 0.5) is 11.6 Å². The van der Waals surface area contributed by atoms with Crippen LogP contribution in [0.3, 0.4) is 0 Å². The Kier molecular flexibility index (Phi) is 3.94. The molecule has 1 aromatic heterocycles. The molecule has 8 heteroatoms. The molecule has 0 unspecified atom stereocenters. The van der Waals surface area contributed by atoms with Gasteiger partial charge in [0.2, 0.25) is 11.8 Å². The van der Waals surface area contributed by atoms with E-state index in [9.17, 15) is 9.59 Å². The van der Waals surface area contributed by atoms with Crippen LogP contribution < -0.4 is 16.4 Å². The van der Waals surface area contributed by atoms with Crippen molar-refractivity contribution in [3.8, 4) is 0 Å². The van der Waals surface area contributed by atoms with Gasteiger partial charge < -0.3 is 16.4 Å². The Hall–Kier alpha value is -2.90. The molecule has 0 aliphatic carbocycles. The van der Waals surface area contributed by atoms with Crippen molar-refractivity contribution in [2.75, 3.05) is 17.6 Å². The summed E-state index contributed by atoms with van der Waals surface area (Å²) in [6.07, 6.45) is 0. The molecule has 20 heavy (non-hydrogen) atoms. The van der Waals surface area contributed by atoms with Crippen LogP contribution in [0.25, 0.3) is 0 Å². The van der Waals surface area contributed by atoms with Gasteiger partial charge in [-0.05, 0) is 25.1 Å². The minimum atomic E-state index is -0.484. The molecule has 0 bridgehead atoms. The smallest absolute Gasteiger partial charge is 0.293 e. The van der Waals surface area contributed by atoms with Gasteiger partial charge in [0.15, 0.2) is 0 Å². The normalized spacial score (nSPS) is 10.1. The minimum Gasteiger partial charge on any atom is -0.366 e. The highest BCUT2D eigenvalue weighted by Crippen LogP contribution is 2.11. The number of hydrogen-bond donors (Lipinski definition) is 4. The number of carbonyl (C=O) groups is 2. The summed E-state index contributed by atoms with van der Waals surface area (Å²) in [5.74, 6) is -0.688. The zero-order valence-electron chi connectivity index (χ0n) is 10.8. The summed E-state index contributed by atoms with van der Waals surface area (Å²) >= 11 is 0. The third-order valence-electron chi connectivity index (χ3n) is 2.44. The fourth-order valence-corrected chi connectivity index (χ4v) is 1.57. The summed E-state index contributed by atoms with van der Waals surface area (Å²) < 4.78 is 0. The van der Waals surface area contributed by atoms with Gasteiger partial charge >= 0.3 is 0 Å². The molecule has 0 fully saturated rings. The summed E-state index contributed by atoms with van der Waals surface area (Å²) in [7, 11) is 0. The molecule has 1 heterocycles. The lowest BCUT2D eigenvalue weighted by Crippen LogP contribution is -2.22. The van der Waals surface area contributed by atoms with Crippen molar-refractivity contribution >= 4 is 23.5 Å². The average Bonchev–Trinajstić information content (AvgIpc) is 2.86. The highest BCUT2D eigenvalue weighted by atomic mass is 16.2. The van der Waals surface area contributed by atoms with Crippen LogP contribution >= 0.6 is 0 Å². The highest BCUT2D eigenvalue weighted by molar-refractivity contribution is 6.02. The molecule has 0 radical (unpaired) electrons. The molecular formula is C12H14N6O2. The number of H-pyrrole nitrogens is 1. The Morgan fingerprint density at radius 2 is 2.15 bits per heavy atom. The van der Waals surface area contributed by atoms with Crippen LogP contribution in [-0.4, -0.2) is 33.5 Å². The van der Waals surface area contributed by atoms with E-state index in [0.29, 0.717) is 17.8 Å². The van der Waals surface area contributed by atoms with Crippen molar-refractivity contribution in [3.63, 3.8) is 0 Å². The number of nitrogens with one attached hydrogen (secondary N) is 3. The van der Waals surface area contributed by atoms with Crippen LogP contribution in [0, 0.1) is 0 Å². The number of carbonyl (C=O) groups excluding carboxylic acids is 2. The first-order chi connectivity index (χ1) is 9.60. The van der Waals surface area contributed by atoms with E-state index in [0.717, 1.165) is 0 Å². The summed E-state index contributed by atoms with van der Waals surface area (Å²) in [5.41, 5.74) is 6.26. The lowest BCUT2D eigenvalue weighted by molar-refractivity contribution is 0.0954. The van der Waals surface area contributed by atoms with Gasteiger partial charge in [-0.2, -0.15) is 4.98 Å². The molecule has 2 amide bonds. The SMILES string of the molecule is CCNC(=O)c1cccc(NC(=O)c2nc(N)n[nH]2)c1. The predicted octanol–water partition coefficient (Wildman–Crippen LogP) is 0.389. The zero-order chi connectivity index (χ0) is 14.5. The van der Waals surface area contributed by atoms with E-state index in [1.165, 1.54) is 0 Å². The van der Waals surface area contributed by atoms with Crippen LogP contribution in [-0.2, 0) is 0 Å². The van der Waals surface area contributed by atoms with E-state index in [4.69, 9.17) is 5.73 Å². The van der Waals surface area contributed by atoms with Gasteiger partial charge in [0, 0.05) is 17.8 Å². The second-order valence-electron chi connectivity index (χ2n) is 3.94. The van der Waals surface area contributed by atoms with Crippen LogP contribution in [0.15, 0.2) is 24.3 Å². The zero-order valence-corrected chi connectivity index (χ0v) is 10.8. The molecule has 8 nitrogen and oxygen atoms in total. The second-order valence-corrected chi connectivity index (χ2v) is 3.94. The second kappa shape index (κ2) is 5.83. The van der Waals surface area contributed by atoms with Crippen molar-refractivity contribution in [1.82, 2.24) is 20.5 Å². The maximum Gasteiger partial charge on any atom is 0.293 e. The highest BCUT2D eigenvalue weighted by Gasteiger charge is 2.12. The third kappa shape index (κ3) is 3.10.